The van der Waals surface area contributed by atoms with E-state index in [4.69, 9.17) is 5.73 Å². The summed E-state index contributed by atoms with van der Waals surface area (Å²) in [7, 11) is 0. The summed E-state index contributed by atoms with van der Waals surface area (Å²) in [5.74, 6) is 0.657. The molecule has 2 unspecified atom stereocenters. The molecule has 4 nitrogen and oxygen atoms in total. The van der Waals surface area contributed by atoms with Crippen LogP contribution in [0.3, 0.4) is 0 Å². The Hall–Kier alpha value is -1.00. The second-order valence-corrected chi connectivity index (χ2v) is 4.19. The Morgan fingerprint density at radius 3 is 3.07 bits per heavy atom. The molecule has 4 heteroatoms. The van der Waals surface area contributed by atoms with Crippen LogP contribution in [0.15, 0.2) is 18.6 Å². The maximum atomic E-state index is 5.68. The molecule has 0 aliphatic carbocycles. The number of nitrogens with two attached hydrogens (primary N) is 1. The zero-order chi connectivity index (χ0) is 10.7. The molecular formula is C11H18N4. The summed E-state index contributed by atoms with van der Waals surface area (Å²) in [6, 6.07) is 0.357. The minimum atomic E-state index is 0.357. The highest BCUT2D eigenvalue weighted by molar-refractivity contribution is 5.02. The van der Waals surface area contributed by atoms with Crippen molar-refractivity contribution in [1.82, 2.24) is 14.9 Å². The van der Waals surface area contributed by atoms with Crippen LogP contribution in [0.2, 0.25) is 0 Å². The summed E-state index contributed by atoms with van der Waals surface area (Å²) < 4.78 is 0. The Morgan fingerprint density at radius 1 is 1.60 bits per heavy atom. The van der Waals surface area contributed by atoms with E-state index in [1.807, 2.05) is 6.20 Å². The van der Waals surface area contributed by atoms with E-state index in [1.165, 1.54) is 6.42 Å². The maximum absolute atomic E-state index is 5.68. The van der Waals surface area contributed by atoms with E-state index in [1.54, 1.807) is 12.4 Å². The SMILES string of the molecule is CC(c1cnccn1)N1CCC(CN)C1. The largest absolute Gasteiger partial charge is 0.330 e. The first kappa shape index (κ1) is 10.5. The first-order valence-electron chi connectivity index (χ1n) is 5.51. The van der Waals surface area contributed by atoms with Gasteiger partial charge in [0.2, 0.25) is 0 Å². The highest BCUT2D eigenvalue weighted by Crippen LogP contribution is 2.25. The molecule has 1 aromatic heterocycles. The summed E-state index contributed by atoms with van der Waals surface area (Å²) in [4.78, 5) is 10.9. The fourth-order valence-corrected chi connectivity index (χ4v) is 2.12. The molecule has 15 heavy (non-hydrogen) atoms. The highest BCUT2D eigenvalue weighted by Gasteiger charge is 2.26. The topological polar surface area (TPSA) is 55.0 Å². The number of nitrogens with zero attached hydrogens (tertiary/aromatic N) is 3. The van der Waals surface area contributed by atoms with E-state index < -0.39 is 0 Å². The standard InChI is InChI=1S/C11H18N4/c1-9(11-7-13-3-4-14-11)15-5-2-10(6-12)8-15/h3-4,7,9-10H,2,5-6,8,12H2,1H3. The summed E-state index contributed by atoms with van der Waals surface area (Å²) in [5, 5.41) is 0. The van der Waals surface area contributed by atoms with Crippen LogP contribution in [0.25, 0.3) is 0 Å². The van der Waals surface area contributed by atoms with Gasteiger partial charge in [-0.2, -0.15) is 0 Å². The van der Waals surface area contributed by atoms with Crippen molar-refractivity contribution in [2.45, 2.75) is 19.4 Å². The van der Waals surface area contributed by atoms with Crippen LogP contribution in [-0.2, 0) is 0 Å². The van der Waals surface area contributed by atoms with Crippen molar-refractivity contribution in [1.29, 1.82) is 0 Å². The van der Waals surface area contributed by atoms with E-state index in [0.29, 0.717) is 12.0 Å². The Balaban J connectivity index is 2.00. The molecule has 1 aliphatic heterocycles. The van der Waals surface area contributed by atoms with Crippen LogP contribution in [-0.4, -0.2) is 34.5 Å². The predicted octanol–water partition coefficient (Wildman–Crippen LogP) is 0.818. The second kappa shape index (κ2) is 4.68. The van der Waals surface area contributed by atoms with Crippen molar-refractivity contribution in [3.8, 4) is 0 Å². The minimum Gasteiger partial charge on any atom is -0.330 e. The normalized spacial score (nSPS) is 24.3. The Morgan fingerprint density at radius 2 is 2.47 bits per heavy atom. The first-order chi connectivity index (χ1) is 7.31. The molecule has 2 rings (SSSR count). The van der Waals surface area contributed by atoms with Crippen LogP contribution in [0.4, 0.5) is 0 Å². The molecule has 2 heterocycles. The zero-order valence-corrected chi connectivity index (χ0v) is 9.13. The van der Waals surface area contributed by atoms with Crippen molar-refractivity contribution in [3.63, 3.8) is 0 Å². The lowest BCUT2D eigenvalue weighted by atomic mass is 10.1. The van der Waals surface area contributed by atoms with Gasteiger partial charge in [-0.05, 0) is 32.4 Å². The molecule has 0 saturated carbocycles. The van der Waals surface area contributed by atoms with E-state index in [0.717, 1.165) is 25.3 Å². The maximum Gasteiger partial charge on any atom is 0.0755 e. The Kier molecular flexibility index (Phi) is 3.28. The predicted molar refractivity (Wildman–Crippen MR) is 59.2 cm³/mol. The van der Waals surface area contributed by atoms with E-state index in [9.17, 15) is 0 Å². The number of aromatic nitrogens is 2. The van der Waals surface area contributed by atoms with Crippen LogP contribution < -0.4 is 5.73 Å². The summed E-state index contributed by atoms with van der Waals surface area (Å²) in [6.07, 6.45) is 6.52. The highest BCUT2D eigenvalue weighted by atomic mass is 15.2. The molecule has 1 aliphatic rings. The van der Waals surface area contributed by atoms with Crippen molar-refractivity contribution in [3.05, 3.63) is 24.3 Å². The van der Waals surface area contributed by atoms with Crippen LogP contribution in [0.5, 0.6) is 0 Å². The molecule has 0 amide bonds. The van der Waals surface area contributed by atoms with E-state index in [-0.39, 0.29) is 0 Å². The van der Waals surface area contributed by atoms with Gasteiger partial charge in [0.15, 0.2) is 0 Å². The second-order valence-electron chi connectivity index (χ2n) is 4.19. The fraction of sp³-hybridized carbons (Fsp3) is 0.636. The van der Waals surface area contributed by atoms with Crippen LogP contribution in [0, 0.1) is 5.92 Å². The van der Waals surface area contributed by atoms with E-state index >= 15 is 0 Å². The van der Waals surface area contributed by atoms with Crippen LogP contribution in [0.1, 0.15) is 25.1 Å². The van der Waals surface area contributed by atoms with E-state index in [2.05, 4.69) is 21.8 Å². The third kappa shape index (κ3) is 2.33. The van der Waals surface area contributed by atoms with Gasteiger partial charge < -0.3 is 5.73 Å². The molecule has 2 N–H and O–H groups in total. The van der Waals surface area contributed by atoms with Crippen molar-refractivity contribution < 1.29 is 0 Å². The molecule has 0 spiro atoms. The molecule has 0 aromatic carbocycles. The van der Waals surface area contributed by atoms with Gasteiger partial charge in [-0.3, -0.25) is 14.9 Å². The van der Waals surface area contributed by atoms with Gasteiger partial charge in [0.1, 0.15) is 0 Å². The molecule has 1 saturated heterocycles. The third-order valence-corrected chi connectivity index (χ3v) is 3.21. The van der Waals surface area contributed by atoms with Gasteiger partial charge in [-0.15, -0.1) is 0 Å². The number of hydrogen-bond donors (Lipinski definition) is 1. The molecular weight excluding hydrogens is 188 g/mol. The molecule has 1 fully saturated rings. The third-order valence-electron chi connectivity index (χ3n) is 3.21. The number of hydrogen-bond acceptors (Lipinski definition) is 4. The Bertz CT molecular complexity index is 301. The average molecular weight is 206 g/mol. The van der Waals surface area contributed by atoms with Crippen molar-refractivity contribution in [2.24, 2.45) is 11.7 Å². The lowest BCUT2D eigenvalue weighted by molar-refractivity contribution is 0.248. The lowest BCUT2D eigenvalue weighted by Gasteiger charge is -2.23. The monoisotopic (exact) mass is 206 g/mol. The van der Waals surface area contributed by atoms with Gasteiger partial charge in [-0.1, -0.05) is 0 Å². The number of likely N-dealkylation sites (tertiary alicyclic amines) is 1. The molecule has 0 bridgehead atoms. The summed E-state index contributed by atoms with van der Waals surface area (Å²) in [6.45, 7) is 5.19. The molecule has 82 valence electrons. The van der Waals surface area contributed by atoms with Crippen molar-refractivity contribution >= 4 is 0 Å². The van der Waals surface area contributed by atoms with Gasteiger partial charge in [0, 0.05) is 25.1 Å². The van der Waals surface area contributed by atoms with Gasteiger partial charge in [-0.25, -0.2) is 0 Å². The van der Waals surface area contributed by atoms with Crippen molar-refractivity contribution in [2.75, 3.05) is 19.6 Å². The summed E-state index contributed by atoms with van der Waals surface area (Å²) in [5.41, 5.74) is 6.73. The first-order valence-corrected chi connectivity index (χ1v) is 5.51. The van der Waals surface area contributed by atoms with Gasteiger partial charge in [0.05, 0.1) is 11.7 Å². The van der Waals surface area contributed by atoms with Crippen LogP contribution >= 0.6 is 0 Å². The number of rotatable bonds is 3. The lowest BCUT2D eigenvalue weighted by Crippen LogP contribution is -2.26. The smallest absolute Gasteiger partial charge is 0.0755 e. The minimum absolute atomic E-state index is 0.357. The molecule has 0 radical (unpaired) electrons. The fourth-order valence-electron chi connectivity index (χ4n) is 2.12. The quantitative estimate of drug-likeness (QED) is 0.795. The Labute approximate surface area is 90.5 Å². The summed E-state index contributed by atoms with van der Waals surface area (Å²) >= 11 is 0. The van der Waals surface area contributed by atoms with Gasteiger partial charge in [0.25, 0.3) is 0 Å². The average Bonchev–Trinajstić information content (AvgIpc) is 2.78. The van der Waals surface area contributed by atoms with Gasteiger partial charge >= 0.3 is 0 Å². The zero-order valence-electron chi connectivity index (χ0n) is 9.13. The molecule has 2 atom stereocenters. The molecule has 1 aromatic rings.